The second kappa shape index (κ2) is 10.4. The quantitative estimate of drug-likeness (QED) is 0.427. The summed E-state index contributed by atoms with van der Waals surface area (Å²) in [6.07, 6.45) is 0.872. The van der Waals surface area contributed by atoms with Crippen LogP contribution in [0.25, 0.3) is 0 Å². The van der Waals surface area contributed by atoms with E-state index in [1.165, 1.54) is 11.1 Å². The Morgan fingerprint density at radius 1 is 1.00 bits per heavy atom. The van der Waals surface area contributed by atoms with Gasteiger partial charge in [-0.05, 0) is 53.9 Å². The number of thioether (sulfide) groups is 1. The summed E-state index contributed by atoms with van der Waals surface area (Å²) in [4.78, 5) is 20.0. The molecule has 2 heterocycles. The van der Waals surface area contributed by atoms with Crippen LogP contribution in [0.1, 0.15) is 27.5 Å². The molecule has 0 bridgehead atoms. The summed E-state index contributed by atoms with van der Waals surface area (Å²) in [5, 5.41) is 0.993. The molecule has 0 amide bonds. The molecule has 0 aliphatic carbocycles. The lowest BCUT2D eigenvalue weighted by molar-refractivity contribution is 0.0384. The van der Waals surface area contributed by atoms with Gasteiger partial charge >= 0.3 is 5.97 Å². The number of benzene rings is 3. The lowest BCUT2D eigenvalue weighted by atomic mass is 9.85. The first-order chi connectivity index (χ1) is 17.2. The standard InChI is InChI=1S/C28H28N2O4S/c1-32-24-15-20-13-14-30-26(23(20)16-25(24)33-2)21(17-34-27(31)19-9-5-3-6-10-19)18-35-28(30)29-22-11-7-4-8-12-22/h3-12,15-16,21,26H,13-14,17-18H2,1-2H3/t21?,26-/m1/s1. The largest absolute Gasteiger partial charge is 0.493 e. The Kier molecular flexibility index (Phi) is 6.95. The number of methoxy groups -OCH3 is 2. The van der Waals surface area contributed by atoms with E-state index in [1.807, 2.05) is 48.5 Å². The number of esters is 1. The van der Waals surface area contributed by atoms with Crippen LogP contribution >= 0.6 is 11.8 Å². The zero-order valence-corrected chi connectivity index (χ0v) is 20.7. The zero-order chi connectivity index (χ0) is 24.2. The molecule has 3 aromatic rings. The van der Waals surface area contributed by atoms with E-state index < -0.39 is 0 Å². The molecule has 0 spiro atoms. The van der Waals surface area contributed by atoms with Gasteiger partial charge in [-0.2, -0.15) is 0 Å². The van der Waals surface area contributed by atoms with Gasteiger partial charge in [0, 0.05) is 18.2 Å². The van der Waals surface area contributed by atoms with Gasteiger partial charge in [-0.25, -0.2) is 9.79 Å². The Labute approximate surface area is 209 Å². The SMILES string of the molecule is COc1cc2c(cc1OC)[C@H]1C(COC(=O)c3ccccc3)CSC(=Nc3ccccc3)N1CC2. The Morgan fingerprint density at radius 3 is 2.40 bits per heavy atom. The summed E-state index contributed by atoms with van der Waals surface area (Å²) in [7, 11) is 3.32. The van der Waals surface area contributed by atoms with Crippen molar-refractivity contribution in [2.75, 3.05) is 33.1 Å². The number of amidine groups is 1. The number of rotatable bonds is 6. The van der Waals surface area contributed by atoms with Gasteiger partial charge in [0.05, 0.1) is 38.1 Å². The van der Waals surface area contributed by atoms with Gasteiger partial charge in [-0.15, -0.1) is 0 Å². The molecule has 3 aromatic carbocycles. The van der Waals surface area contributed by atoms with E-state index in [-0.39, 0.29) is 17.9 Å². The highest BCUT2D eigenvalue weighted by molar-refractivity contribution is 8.13. The van der Waals surface area contributed by atoms with Crippen molar-refractivity contribution in [3.05, 3.63) is 89.5 Å². The third-order valence-electron chi connectivity index (χ3n) is 6.46. The van der Waals surface area contributed by atoms with Crippen LogP contribution in [0.4, 0.5) is 5.69 Å². The minimum absolute atomic E-state index is 0.0193. The number of ether oxygens (including phenoxy) is 3. The van der Waals surface area contributed by atoms with E-state index >= 15 is 0 Å². The van der Waals surface area contributed by atoms with Gasteiger partial charge in [0.15, 0.2) is 16.7 Å². The summed E-state index contributed by atoms with van der Waals surface area (Å²) < 4.78 is 17.0. The fourth-order valence-electron chi connectivity index (χ4n) is 4.74. The molecular weight excluding hydrogens is 460 g/mol. The number of nitrogens with zero attached hydrogens (tertiary/aromatic N) is 2. The first-order valence-electron chi connectivity index (χ1n) is 11.7. The van der Waals surface area contributed by atoms with Gasteiger partial charge in [0.2, 0.25) is 0 Å². The van der Waals surface area contributed by atoms with Gasteiger partial charge in [0.1, 0.15) is 0 Å². The Bertz CT molecular complexity index is 1220. The number of aliphatic imine (C=N–C) groups is 1. The Morgan fingerprint density at radius 2 is 1.69 bits per heavy atom. The predicted molar refractivity (Wildman–Crippen MR) is 139 cm³/mol. The van der Waals surface area contributed by atoms with Crippen LogP contribution < -0.4 is 9.47 Å². The maximum atomic E-state index is 12.7. The topological polar surface area (TPSA) is 60.4 Å². The first-order valence-corrected chi connectivity index (χ1v) is 12.7. The van der Waals surface area contributed by atoms with Crippen LogP contribution in [0.15, 0.2) is 77.8 Å². The maximum Gasteiger partial charge on any atom is 0.338 e. The van der Waals surface area contributed by atoms with Crippen molar-refractivity contribution >= 4 is 28.6 Å². The second-order valence-corrected chi connectivity index (χ2v) is 9.55. The minimum atomic E-state index is -0.297. The Balaban J connectivity index is 1.48. The number of carbonyl (C=O) groups is 1. The summed E-state index contributed by atoms with van der Waals surface area (Å²) in [5.41, 5.74) is 3.90. The van der Waals surface area contributed by atoms with E-state index in [1.54, 1.807) is 38.1 Å². The van der Waals surface area contributed by atoms with Crippen LogP contribution in [-0.4, -0.2) is 49.2 Å². The highest BCUT2D eigenvalue weighted by atomic mass is 32.2. The maximum absolute atomic E-state index is 12.7. The average Bonchev–Trinajstić information content (AvgIpc) is 2.92. The molecule has 6 nitrogen and oxygen atoms in total. The third-order valence-corrected chi connectivity index (χ3v) is 7.64. The van der Waals surface area contributed by atoms with Crippen molar-refractivity contribution < 1.29 is 19.0 Å². The van der Waals surface area contributed by atoms with Gasteiger partial charge in [-0.1, -0.05) is 48.2 Å². The van der Waals surface area contributed by atoms with Crippen LogP contribution in [0, 0.1) is 5.92 Å². The smallest absolute Gasteiger partial charge is 0.338 e. The van der Waals surface area contributed by atoms with Crippen LogP contribution in [0.3, 0.4) is 0 Å². The molecule has 1 saturated heterocycles. The van der Waals surface area contributed by atoms with Crippen molar-refractivity contribution in [3.8, 4) is 11.5 Å². The van der Waals surface area contributed by atoms with E-state index in [2.05, 4.69) is 17.0 Å². The second-order valence-electron chi connectivity index (χ2n) is 8.56. The number of para-hydroxylation sites is 1. The molecule has 7 heteroatoms. The molecule has 180 valence electrons. The normalized spacial score (nSPS) is 20.1. The monoisotopic (exact) mass is 488 g/mol. The molecule has 2 aliphatic rings. The lowest BCUT2D eigenvalue weighted by Crippen LogP contribution is -2.47. The summed E-state index contributed by atoms with van der Waals surface area (Å²) in [6, 6.07) is 23.3. The third kappa shape index (κ3) is 4.86. The average molecular weight is 489 g/mol. The first kappa shape index (κ1) is 23.3. The number of fused-ring (bicyclic) bond motifs is 3. The molecular formula is C28H28N2O4S. The van der Waals surface area contributed by atoms with Crippen molar-refractivity contribution in [1.29, 1.82) is 0 Å². The molecule has 1 fully saturated rings. The number of hydrogen-bond donors (Lipinski definition) is 0. The van der Waals surface area contributed by atoms with E-state index in [9.17, 15) is 4.79 Å². The van der Waals surface area contributed by atoms with Crippen LogP contribution in [-0.2, 0) is 11.2 Å². The molecule has 2 atom stereocenters. The van der Waals surface area contributed by atoms with Crippen molar-refractivity contribution in [3.63, 3.8) is 0 Å². The fourth-order valence-corrected chi connectivity index (χ4v) is 5.93. The van der Waals surface area contributed by atoms with E-state index in [4.69, 9.17) is 19.2 Å². The highest BCUT2D eigenvalue weighted by Gasteiger charge is 2.41. The molecule has 0 aromatic heterocycles. The lowest BCUT2D eigenvalue weighted by Gasteiger charge is -2.46. The minimum Gasteiger partial charge on any atom is -0.493 e. The summed E-state index contributed by atoms with van der Waals surface area (Å²) in [6.45, 7) is 1.16. The van der Waals surface area contributed by atoms with Crippen LogP contribution in [0.5, 0.6) is 11.5 Å². The van der Waals surface area contributed by atoms with Crippen LogP contribution in [0.2, 0.25) is 0 Å². The molecule has 0 N–H and O–H groups in total. The van der Waals surface area contributed by atoms with E-state index in [0.717, 1.165) is 35.3 Å². The number of carbonyl (C=O) groups excluding carboxylic acids is 1. The molecule has 0 radical (unpaired) electrons. The molecule has 5 rings (SSSR count). The molecule has 2 aliphatic heterocycles. The predicted octanol–water partition coefficient (Wildman–Crippen LogP) is 5.51. The van der Waals surface area contributed by atoms with Crippen molar-refractivity contribution in [2.45, 2.75) is 12.5 Å². The molecule has 1 unspecified atom stereocenters. The molecule has 0 saturated carbocycles. The Hall–Kier alpha value is -3.45. The van der Waals surface area contributed by atoms with E-state index in [0.29, 0.717) is 17.9 Å². The number of hydrogen-bond acceptors (Lipinski definition) is 6. The van der Waals surface area contributed by atoms with Crippen molar-refractivity contribution in [1.82, 2.24) is 4.90 Å². The van der Waals surface area contributed by atoms with Gasteiger partial charge in [-0.3, -0.25) is 0 Å². The summed E-state index contributed by atoms with van der Waals surface area (Å²) in [5.74, 6) is 2.03. The zero-order valence-electron chi connectivity index (χ0n) is 19.8. The van der Waals surface area contributed by atoms with Gasteiger partial charge in [0.25, 0.3) is 0 Å². The molecule has 35 heavy (non-hydrogen) atoms. The highest BCUT2D eigenvalue weighted by Crippen LogP contribution is 2.46. The fraction of sp³-hybridized carbons (Fsp3) is 0.286. The van der Waals surface area contributed by atoms with Crippen molar-refractivity contribution in [2.24, 2.45) is 10.9 Å². The van der Waals surface area contributed by atoms with Gasteiger partial charge < -0.3 is 19.1 Å². The summed E-state index contributed by atoms with van der Waals surface area (Å²) >= 11 is 1.72.